The van der Waals surface area contributed by atoms with Gasteiger partial charge in [-0.15, -0.1) is 0 Å². The molecule has 11 nitrogen and oxygen atoms in total. The highest BCUT2D eigenvalue weighted by atomic mass is 16.6. The number of carbonyl (C=O) groups is 4. The van der Waals surface area contributed by atoms with E-state index in [4.69, 9.17) is 28.4 Å². The maximum absolute atomic E-state index is 12.3. The zero-order valence-electron chi connectivity index (χ0n) is 22.9. The number of ether oxygens (including phenoxy) is 6. The summed E-state index contributed by atoms with van der Waals surface area (Å²) in [6, 6.07) is 0. The second kappa shape index (κ2) is 12.8. The molecular formula is C25H42O11. The highest BCUT2D eigenvalue weighted by molar-refractivity contribution is 5.72. The van der Waals surface area contributed by atoms with Crippen molar-refractivity contribution in [2.24, 2.45) is 5.92 Å². The van der Waals surface area contributed by atoms with E-state index in [1.165, 1.54) is 0 Å². The number of carboxylic acid groups (broad SMARTS) is 1. The maximum Gasteiger partial charge on any atom is 0.332 e. The van der Waals surface area contributed by atoms with Crippen LogP contribution in [0.5, 0.6) is 0 Å². The highest BCUT2D eigenvalue weighted by Crippen LogP contribution is 2.32. The molecule has 1 N–H and O–H groups in total. The van der Waals surface area contributed by atoms with Crippen LogP contribution in [-0.2, 0) is 47.6 Å². The molecule has 0 aromatic carbocycles. The van der Waals surface area contributed by atoms with Crippen molar-refractivity contribution in [2.45, 2.75) is 110 Å². The molecule has 1 saturated carbocycles. The lowest BCUT2D eigenvalue weighted by molar-refractivity contribution is -0.200. The molecule has 11 heteroatoms. The molecule has 0 spiro atoms. The van der Waals surface area contributed by atoms with Crippen molar-refractivity contribution in [1.29, 1.82) is 0 Å². The third-order valence-electron chi connectivity index (χ3n) is 4.60. The monoisotopic (exact) mass is 518 g/mol. The summed E-state index contributed by atoms with van der Waals surface area (Å²) in [6.07, 6.45) is -2.82. The van der Waals surface area contributed by atoms with E-state index in [2.05, 4.69) is 0 Å². The van der Waals surface area contributed by atoms with Gasteiger partial charge in [0, 0.05) is 0 Å². The molecule has 0 radical (unpaired) electrons. The molecular weight excluding hydrogens is 476 g/mol. The van der Waals surface area contributed by atoms with Crippen molar-refractivity contribution in [3.63, 3.8) is 0 Å². The summed E-state index contributed by atoms with van der Waals surface area (Å²) in [6.45, 7) is 14.0. The van der Waals surface area contributed by atoms with Crippen LogP contribution < -0.4 is 0 Å². The Hall–Kier alpha value is -2.24. The van der Waals surface area contributed by atoms with Gasteiger partial charge >= 0.3 is 23.9 Å². The summed E-state index contributed by atoms with van der Waals surface area (Å²) in [4.78, 5) is 48.5. The van der Waals surface area contributed by atoms with Crippen LogP contribution in [0.2, 0.25) is 0 Å². The average Bonchev–Trinajstić information content (AvgIpc) is 2.65. The summed E-state index contributed by atoms with van der Waals surface area (Å²) in [7, 11) is 0. The van der Waals surface area contributed by atoms with Crippen LogP contribution in [0.3, 0.4) is 0 Å². The summed E-state index contributed by atoms with van der Waals surface area (Å²) < 4.78 is 33.0. The van der Waals surface area contributed by atoms with Gasteiger partial charge in [0.05, 0.1) is 18.1 Å². The first-order valence-electron chi connectivity index (χ1n) is 12.0. The first kappa shape index (κ1) is 31.8. The molecule has 0 unspecified atom stereocenters. The lowest BCUT2D eigenvalue weighted by atomic mass is 9.83. The summed E-state index contributed by atoms with van der Waals surface area (Å²) in [5.41, 5.74) is -2.20. The van der Waals surface area contributed by atoms with E-state index in [1.807, 2.05) is 0 Å². The number of aliphatic carboxylic acids is 1. The van der Waals surface area contributed by atoms with Crippen LogP contribution in [0.4, 0.5) is 0 Å². The molecule has 36 heavy (non-hydrogen) atoms. The van der Waals surface area contributed by atoms with Crippen LogP contribution in [0.1, 0.15) is 75.2 Å². The van der Waals surface area contributed by atoms with Gasteiger partial charge < -0.3 is 33.5 Å². The van der Waals surface area contributed by atoms with Gasteiger partial charge in [-0.3, -0.25) is 4.79 Å². The fourth-order valence-electron chi connectivity index (χ4n) is 3.53. The molecule has 0 bridgehead atoms. The number of esters is 3. The fraction of sp³-hybridized carbons (Fsp3) is 0.840. The zero-order chi connectivity index (χ0) is 27.9. The van der Waals surface area contributed by atoms with E-state index in [0.717, 1.165) is 0 Å². The summed E-state index contributed by atoms with van der Waals surface area (Å²) in [5.74, 6) is -3.90. The smallest absolute Gasteiger partial charge is 0.332 e. The number of hydrogen-bond donors (Lipinski definition) is 1. The minimum atomic E-state index is -1.09. The van der Waals surface area contributed by atoms with E-state index in [9.17, 15) is 24.3 Å². The van der Waals surface area contributed by atoms with Crippen molar-refractivity contribution in [3.05, 3.63) is 0 Å². The Labute approximate surface area is 213 Å². The standard InChI is InChI=1S/C25H42O11/c1-23(2,3)34-18(26)12-31-16-10-15(22(29)30)11-17(32-13-19(27)35-24(4,5)6)21(16)33-14-20(28)36-25(7,8)9/h15-17,21H,10-14H2,1-9H3,(H,29,30)/t15?,16-,17-,21?/m1/s1. The van der Waals surface area contributed by atoms with Crippen molar-refractivity contribution >= 4 is 23.9 Å². The first-order chi connectivity index (χ1) is 16.3. The van der Waals surface area contributed by atoms with Crippen LogP contribution in [0.15, 0.2) is 0 Å². The summed E-state index contributed by atoms with van der Waals surface area (Å²) >= 11 is 0. The normalized spacial score (nSPS) is 23.0. The van der Waals surface area contributed by atoms with Gasteiger partial charge in [-0.05, 0) is 75.2 Å². The Balaban J connectivity index is 3.05. The molecule has 0 aromatic heterocycles. The van der Waals surface area contributed by atoms with Gasteiger partial charge in [-0.25, -0.2) is 14.4 Å². The minimum absolute atomic E-state index is 0.00339. The molecule has 0 saturated heterocycles. The second-order valence-corrected chi connectivity index (χ2v) is 11.7. The maximum atomic E-state index is 12.3. The Morgan fingerprint density at radius 2 is 0.917 bits per heavy atom. The molecule has 0 amide bonds. The van der Waals surface area contributed by atoms with Gasteiger partial charge in [0.15, 0.2) is 0 Å². The van der Waals surface area contributed by atoms with Gasteiger partial charge in [-0.2, -0.15) is 0 Å². The van der Waals surface area contributed by atoms with Crippen LogP contribution in [0, 0.1) is 5.92 Å². The first-order valence-corrected chi connectivity index (χ1v) is 12.0. The van der Waals surface area contributed by atoms with Gasteiger partial charge in [0.2, 0.25) is 0 Å². The molecule has 0 heterocycles. The second-order valence-electron chi connectivity index (χ2n) is 11.7. The third-order valence-corrected chi connectivity index (χ3v) is 4.60. The molecule has 2 atom stereocenters. The molecule has 1 fully saturated rings. The lowest BCUT2D eigenvalue weighted by Crippen LogP contribution is -2.51. The van der Waals surface area contributed by atoms with Crippen molar-refractivity contribution in [2.75, 3.05) is 19.8 Å². The van der Waals surface area contributed by atoms with Crippen LogP contribution >= 0.6 is 0 Å². The van der Waals surface area contributed by atoms with Crippen LogP contribution in [-0.4, -0.2) is 83.9 Å². The molecule has 0 aliphatic heterocycles. The average molecular weight is 519 g/mol. The third kappa shape index (κ3) is 13.2. The Morgan fingerprint density at radius 1 is 0.611 bits per heavy atom. The number of hydrogen-bond acceptors (Lipinski definition) is 10. The number of carboxylic acids is 1. The Kier molecular flexibility index (Phi) is 11.3. The lowest BCUT2D eigenvalue weighted by Gasteiger charge is -2.39. The fourth-order valence-corrected chi connectivity index (χ4v) is 3.53. The van der Waals surface area contributed by atoms with E-state index < -0.39 is 84.7 Å². The molecule has 1 aliphatic rings. The molecule has 208 valence electrons. The minimum Gasteiger partial charge on any atom is -0.481 e. The predicted molar refractivity (Wildman–Crippen MR) is 127 cm³/mol. The largest absolute Gasteiger partial charge is 0.481 e. The van der Waals surface area contributed by atoms with E-state index in [-0.39, 0.29) is 12.8 Å². The molecule has 1 rings (SSSR count). The van der Waals surface area contributed by atoms with Gasteiger partial charge in [-0.1, -0.05) is 0 Å². The Morgan fingerprint density at radius 3 is 1.19 bits per heavy atom. The van der Waals surface area contributed by atoms with E-state index in [0.29, 0.717) is 0 Å². The van der Waals surface area contributed by atoms with Crippen LogP contribution in [0.25, 0.3) is 0 Å². The zero-order valence-corrected chi connectivity index (χ0v) is 22.9. The number of rotatable bonds is 10. The molecule has 0 aromatic rings. The predicted octanol–water partition coefficient (Wildman–Crippen LogP) is 2.66. The van der Waals surface area contributed by atoms with Gasteiger partial charge in [0.25, 0.3) is 0 Å². The van der Waals surface area contributed by atoms with Crippen molar-refractivity contribution in [3.8, 4) is 0 Å². The van der Waals surface area contributed by atoms with Crippen molar-refractivity contribution in [1.82, 2.24) is 0 Å². The van der Waals surface area contributed by atoms with E-state index in [1.54, 1.807) is 62.3 Å². The van der Waals surface area contributed by atoms with Gasteiger partial charge in [0.1, 0.15) is 42.7 Å². The SMILES string of the molecule is CC(C)(C)OC(=O)COC1[C@H](OCC(=O)OC(C)(C)C)CC(C(=O)O)C[C@H]1OCC(=O)OC(C)(C)C. The quantitative estimate of drug-likeness (QED) is 0.337. The summed E-state index contributed by atoms with van der Waals surface area (Å²) in [5, 5.41) is 9.66. The highest BCUT2D eigenvalue weighted by Gasteiger charge is 2.44. The van der Waals surface area contributed by atoms with E-state index >= 15 is 0 Å². The number of carbonyl (C=O) groups excluding carboxylic acids is 3. The van der Waals surface area contributed by atoms with Crippen molar-refractivity contribution < 1.29 is 52.7 Å². The topological polar surface area (TPSA) is 144 Å². The Bertz CT molecular complexity index is 728. The molecule has 1 aliphatic carbocycles.